The van der Waals surface area contributed by atoms with E-state index in [-0.39, 0.29) is 18.2 Å². The smallest absolute Gasteiger partial charge is 0.338 e. The third kappa shape index (κ3) is 5.20. The highest BCUT2D eigenvalue weighted by molar-refractivity contribution is 7.99. The van der Waals surface area contributed by atoms with E-state index in [0.29, 0.717) is 33.9 Å². The van der Waals surface area contributed by atoms with Crippen LogP contribution in [0.5, 0.6) is 11.5 Å². The minimum absolute atomic E-state index is 0.00687. The number of carbonyl (C=O) groups excluding carboxylic acids is 1. The summed E-state index contributed by atoms with van der Waals surface area (Å²) >= 11 is 1.59. The molecule has 0 radical (unpaired) electrons. The zero-order valence-corrected chi connectivity index (χ0v) is 20.6. The number of allylic oxidation sites excluding steroid dienone is 1. The predicted octanol–water partition coefficient (Wildman–Crippen LogP) is 4.82. The number of benzene rings is 1. The Bertz CT molecular complexity index is 1000. The summed E-state index contributed by atoms with van der Waals surface area (Å²) in [5.74, 6) is 2.35. The van der Waals surface area contributed by atoms with Gasteiger partial charge in [0.1, 0.15) is 6.04 Å². The molecule has 1 aromatic heterocycles. The average molecular weight is 461 g/mol. The van der Waals surface area contributed by atoms with Gasteiger partial charge in [-0.1, -0.05) is 24.8 Å². The minimum Gasteiger partial charge on any atom is -0.493 e. The Morgan fingerprint density at radius 1 is 1.22 bits per heavy atom. The average Bonchev–Trinajstić information content (AvgIpc) is 3.12. The van der Waals surface area contributed by atoms with Crippen LogP contribution < -0.4 is 14.8 Å². The Hall–Kier alpha value is -2.68. The number of esters is 1. The second-order valence-electron chi connectivity index (χ2n) is 8.11. The number of nitrogens with zero attached hydrogens (tertiary/aromatic N) is 3. The summed E-state index contributed by atoms with van der Waals surface area (Å²) in [5, 5.41) is 8.60. The van der Waals surface area contributed by atoms with Crippen molar-refractivity contribution in [3.8, 4) is 11.5 Å². The molecule has 174 valence electrons. The molecule has 1 atom stereocenters. The predicted molar refractivity (Wildman–Crippen MR) is 125 cm³/mol. The molecule has 0 bridgehead atoms. The van der Waals surface area contributed by atoms with E-state index >= 15 is 0 Å². The highest BCUT2D eigenvalue weighted by Gasteiger charge is 2.36. The third-order valence-corrected chi connectivity index (χ3v) is 5.74. The summed E-state index contributed by atoms with van der Waals surface area (Å²) in [6.45, 7) is 11.6. The summed E-state index contributed by atoms with van der Waals surface area (Å²) in [7, 11) is 1.60. The summed E-state index contributed by atoms with van der Waals surface area (Å²) < 4.78 is 18.8. The largest absolute Gasteiger partial charge is 0.493 e. The molecule has 1 aliphatic heterocycles. The van der Waals surface area contributed by atoms with Crippen molar-refractivity contribution >= 4 is 23.7 Å². The number of fused-ring (bicyclic) bond motifs is 1. The molecule has 1 aromatic carbocycles. The zero-order valence-electron chi connectivity index (χ0n) is 19.8. The highest BCUT2D eigenvalue weighted by Crippen LogP contribution is 2.40. The van der Waals surface area contributed by atoms with Gasteiger partial charge in [-0.15, -0.1) is 5.10 Å². The fourth-order valence-electron chi connectivity index (χ4n) is 3.44. The second-order valence-corrected chi connectivity index (χ2v) is 9.17. The van der Waals surface area contributed by atoms with Gasteiger partial charge in [0, 0.05) is 11.4 Å². The van der Waals surface area contributed by atoms with E-state index in [4.69, 9.17) is 19.3 Å². The molecule has 2 heterocycles. The van der Waals surface area contributed by atoms with Gasteiger partial charge in [-0.05, 0) is 58.7 Å². The Morgan fingerprint density at radius 3 is 2.59 bits per heavy atom. The summed E-state index contributed by atoms with van der Waals surface area (Å²) in [5.41, 5.74) is 2.00. The molecule has 32 heavy (non-hydrogen) atoms. The van der Waals surface area contributed by atoms with Crippen molar-refractivity contribution in [3.63, 3.8) is 0 Å². The summed E-state index contributed by atoms with van der Waals surface area (Å²) in [4.78, 5) is 17.7. The molecule has 0 amide bonds. The van der Waals surface area contributed by atoms with Gasteiger partial charge >= 0.3 is 5.97 Å². The maximum absolute atomic E-state index is 13.1. The maximum atomic E-state index is 13.1. The first-order chi connectivity index (χ1) is 15.2. The lowest BCUT2D eigenvalue weighted by Gasteiger charge is -2.29. The number of anilines is 1. The van der Waals surface area contributed by atoms with Crippen molar-refractivity contribution in [3.05, 3.63) is 35.0 Å². The van der Waals surface area contributed by atoms with Crippen LogP contribution in [0.1, 0.15) is 59.6 Å². The number of nitrogens with one attached hydrogen (secondary N) is 1. The van der Waals surface area contributed by atoms with Crippen LogP contribution in [0.15, 0.2) is 34.6 Å². The van der Waals surface area contributed by atoms with Gasteiger partial charge in [-0.2, -0.15) is 4.98 Å². The molecule has 1 N–H and O–H groups in total. The minimum atomic E-state index is -0.511. The van der Waals surface area contributed by atoms with Gasteiger partial charge in [0.05, 0.1) is 24.9 Å². The number of hydrogen-bond acceptors (Lipinski definition) is 8. The first-order valence-corrected chi connectivity index (χ1v) is 11.9. The van der Waals surface area contributed by atoms with Crippen LogP contribution >= 0.6 is 11.8 Å². The van der Waals surface area contributed by atoms with Crippen LogP contribution in [-0.4, -0.2) is 45.8 Å². The van der Waals surface area contributed by atoms with E-state index in [1.807, 2.05) is 52.8 Å². The van der Waals surface area contributed by atoms with E-state index < -0.39 is 6.04 Å². The Morgan fingerprint density at radius 2 is 1.97 bits per heavy atom. The monoisotopic (exact) mass is 460 g/mol. The number of thioether (sulfide) groups is 1. The Labute approximate surface area is 193 Å². The van der Waals surface area contributed by atoms with Crippen LogP contribution in [0.4, 0.5) is 5.95 Å². The number of carbonyl (C=O) groups is 1. The topological polar surface area (TPSA) is 87.5 Å². The molecule has 0 aliphatic carbocycles. The molecule has 1 aliphatic rings. The summed E-state index contributed by atoms with van der Waals surface area (Å²) in [6.07, 6.45) is 0.781. The number of aromatic nitrogens is 3. The van der Waals surface area contributed by atoms with Crippen LogP contribution in [0.3, 0.4) is 0 Å². The van der Waals surface area contributed by atoms with Crippen molar-refractivity contribution in [2.45, 2.75) is 71.4 Å². The lowest BCUT2D eigenvalue weighted by molar-refractivity contribution is -0.143. The van der Waals surface area contributed by atoms with Gasteiger partial charge < -0.3 is 19.5 Å². The van der Waals surface area contributed by atoms with Crippen LogP contribution in [0.2, 0.25) is 0 Å². The van der Waals surface area contributed by atoms with Crippen molar-refractivity contribution in [2.24, 2.45) is 0 Å². The SMILES string of the molecule is CCCSc1nc2n(n1)C(c1ccc(OC(C)C)c(OC)c1)C(C(=O)OC(C)C)=C(C)N2. The van der Waals surface area contributed by atoms with Crippen molar-refractivity contribution in [1.82, 2.24) is 14.8 Å². The van der Waals surface area contributed by atoms with Crippen molar-refractivity contribution in [1.29, 1.82) is 0 Å². The second kappa shape index (κ2) is 10.3. The molecule has 0 saturated carbocycles. The van der Waals surface area contributed by atoms with Gasteiger partial charge in [0.15, 0.2) is 11.5 Å². The molecule has 1 unspecified atom stereocenters. The van der Waals surface area contributed by atoms with Gasteiger partial charge in [0.2, 0.25) is 11.1 Å². The normalized spacial score (nSPS) is 15.6. The first kappa shape index (κ1) is 24.0. The number of rotatable bonds is 9. The quantitative estimate of drug-likeness (QED) is 0.421. The molecule has 3 rings (SSSR count). The maximum Gasteiger partial charge on any atom is 0.338 e. The molecule has 0 saturated heterocycles. The van der Waals surface area contributed by atoms with Gasteiger partial charge in [-0.3, -0.25) is 0 Å². The molecule has 2 aromatic rings. The lowest BCUT2D eigenvalue weighted by Crippen LogP contribution is -2.30. The molecule has 8 nitrogen and oxygen atoms in total. The van der Waals surface area contributed by atoms with E-state index in [9.17, 15) is 4.79 Å². The van der Waals surface area contributed by atoms with Crippen LogP contribution in [-0.2, 0) is 9.53 Å². The van der Waals surface area contributed by atoms with Gasteiger partial charge in [0.25, 0.3) is 0 Å². The highest BCUT2D eigenvalue weighted by atomic mass is 32.2. The van der Waals surface area contributed by atoms with Gasteiger partial charge in [-0.25, -0.2) is 9.48 Å². The van der Waals surface area contributed by atoms with Crippen molar-refractivity contribution in [2.75, 3.05) is 18.2 Å². The zero-order chi connectivity index (χ0) is 23.4. The fraction of sp³-hybridized carbons (Fsp3) is 0.522. The van der Waals surface area contributed by atoms with E-state index in [2.05, 4.69) is 17.2 Å². The molecule has 0 fully saturated rings. The van der Waals surface area contributed by atoms with Crippen LogP contribution in [0.25, 0.3) is 0 Å². The fourth-order valence-corrected chi connectivity index (χ4v) is 4.12. The summed E-state index contributed by atoms with van der Waals surface area (Å²) in [6, 6.07) is 5.16. The molecule has 9 heteroatoms. The van der Waals surface area contributed by atoms with E-state index in [1.54, 1.807) is 23.6 Å². The van der Waals surface area contributed by atoms with Crippen molar-refractivity contribution < 1.29 is 19.0 Å². The Kier molecular flexibility index (Phi) is 7.71. The number of hydrogen-bond donors (Lipinski definition) is 1. The third-order valence-electron chi connectivity index (χ3n) is 4.70. The molecular formula is C23H32N4O4S. The Balaban J connectivity index is 2.11. The first-order valence-electron chi connectivity index (χ1n) is 10.9. The number of ether oxygens (including phenoxy) is 3. The standard InChI is InChI=1S/C23H32N4O4S/c1-8-11-32-23-25-22-24-15(6)19(21(28)31-14(4)5)20(27(22)26-23)16-9-10-17(30-13(2)3)18(12-16)29-7/h9-10,12-14,20H,8,11H2,1-7H3,(H,24,25,26). The number of methoxy groups -OCH3 is 1. The molecule has 0 spiro atoms. The van der Waals surface area contributed by atoms with E-state index in [1.165, 1.54) is 0 Å². The van der Waals surface area contributed by atoms with E-state index in [0.717, 1.165) is 17.7 Å². The van der Waals surface area contributed by atoms with Crippen LogP contribution in [0, 0.1) is 0 Å². The molecular weight excluding hydrogens is 428 g/mol. The lowest BCUT2D eigenvalue weighted by atomic mass is 9.95.